The van der Waals surface area contributed by atoms with Crippen LogP contribution in [0.2, 0.25) is 0 Å². The van der Waals surface area contributed by atoms with E-state index in [-0.39, 0.29) is 12.7 Å². The van der Waals surface area contributed by atoms with Crippen LogP contribution in [0.4, 0.5) is 13.2 Å². The van der Waals surface area contributed by atoms with E-state index >= 15 is 0 Å². The Balaban J connectivity index is 5.14. The molecule has 0 aliphatic heterocycles. The van der Waals surface area contributed by atoms with Gasteiger partial charge in [-0.05, 0) is 6.42 Å². The summed E-state index contributed by atoms with van der Waals surface area (Å²) in [7, 11) is 0. The van der Waals surface area contributed by atoms with Gasteiger partial charge in [-0.25, -0.2) is 0 Å². The Bertz CT molecular complexity index is 416. The minimum atomic E-state index is -5.30. The summed E-state index contributed by atoms with van der Waals surface area (Å²) in [6.07, 6.45) is -11.2. The van der Waals surface area contributed by atoms with Crippen LogP contribution >= 0.6 is 0 Å². The Hall–Kier alpha value is -1.72. The molecule has 11 heteroatoms. The number of hydrogen-bond acceptors (Lipinski definition) is 7. The van der Waals surface area contributed by atoms with Crippen LogP contribution in [0.25, 0.3) is 0 Å². The van der Waals surface area contributed by atoms with E-state index in [0.717, 1.165) is 0 Å². The fourth-order valence-corrected chi connectivity index (χ4v) is 1.53. The van der Waals surface area contributed by atoms with E-state index in [1.54, 1.807) is 6.92 Å². The van der Waals surface area contributed by atoms with E-state index in [1.165, 1.54) is 5.32 Å². The molecule has 23 heavy (non-hydrogen) atoms. The highest BCUT2D eigenvalue weighted by molar-refractivity contribution is 5.84. The Morgan fingerprint density at radius 3 is 2.26 bits per heavy atom. The Morgan fingerprint density at radius 1 is 1.30 bits per heavy atom. The molecule has 0 aliphatic carbocycles. The highest BCUT2D eigenvalue weighted by Crippen LogP contribution is 2.16. The number of aliphatic hydroxyl groups excluding tert-OH is 3. The third kappa shape index (κ3) is 6.93. The number of alkyl halides is 3. The SMILES string of the molecule is CCCC(=O)O[C@@H]([C@H](O)[C@H](C=O)NC(=O)C(F)(F)F)[C@H](O)CO. The van der Waals surface area contributed by atoms with Gasteiger partial charge in [-0.3, -0.25) is 9.59 Å². The molecule has 8 nitrogen and oxygen atoms in total. The van der Waals surface area contributed by atoms with E-state index in [0.29, 0.717) is 6.42 Å². The summed E-state index contributed by atoms with van der Waals surface area (Å²) in [6.45, 7) is 0.618. The average molecular weight is 345 g/mol. The van der Waals surface area contributed by atoms with Crippen molar-refractivity contribution in [1.29, 1.82) is 0 Å². The lowest BCUT2D eigenvalue weighted by molar-refractivity contribution is -0.179. The number of halogens is 3. The van der Waals surface area contributed by atoms with Crippen LogP contribution in [-0.4, -0.2) is 70.6 Å². The van der Waals surface area contributed by atoms with E-state index in [2.05, 4.69) is 4.74 Å². The number of aliphatic hydroxyl groups is 3. The molecule has 0 fully saturated rings. The number of carbonyl (C=O) groups excluding carboxylic acids is 3. The van der Waals surface area contributed by atoms with Gasteiger partial charge in [0.2, 0.25) is 0 Å². The fraction of sp³-hybridized carbons (Fsp3) is 0.750. The van der Waals surface area contributed by atoms with Crippen LogP contribution in [0.5, 0.6) is 0 Å². The number of esters is 1. The van der Waals surface area contributed by atoms with Gasteiger partial charge >= 0.3 is 18.1 Å². The van der Waals surface area contributed by atoms with Crippen molar-refractivity contribution >= 4 is 18.2 Å². The molecular weight excluding hydrogens is 327 g/mol. The zero-order chi connectivity index (χ0) is 18.2. The quantitative estimate of drug-likeness (QED) is 0.300. The minimum absolute atomic E-state index is 0.123. The molecule has 0 saturated carbocycles. The molecule has 4 N–H and O–H groups in total. The topological polar surface area (TPSA) is 133 Å². The van der Waals surface area contributed by atoms with Crippen LogP contribution in [0.1, 0.15) is 19.8 Å². The standard InChI is InChI=1S/C12H18F3NO7/c1-2-3-8(20)23-10(7(19)5-18)9(21)6(4-17)16-11(22)12(13,14)15/h4,6-7,9-10,18-19,21H,2-3,5H2,1H3,(H,16,22)/t6-,7+,9+,10+/m0/s1. The lowest BCUT2D eigenvalue weighted by Crippen LogP contribution is -2.56. The van der Waals surface area contributed by atoms with E-state index in [4.69, 9.17) is 5.11 Å². The maximum absolute atomic E-state index is 12.2. The van der Waals surface area contributed by atoms with Gasteiger partial charge in [0.25, 0.3) is 0 Å². The minimum Gasteiger partial charge on any atom is -0.457 e. The number of ether oxygens (including phenoxy) is 1. The molecule has 4 atom stereocenters. The number of hydrogen-bond donors (Lipinski definition) is 4. The Kier molecular flexibility index (Phi) is 8.72. The molecule has 0 unspecified atom stereocenters. The third-order valence-electron chi connectivity index (χ3n) is 2.69. The largest absolute Gasteiger partial charge is 0.471 e. The molecule has 0 saturated heterocycles. The summed E-state index contributed by atoms with van der Waals surface area (Å²) in [4.78, 5) is 33.0. The number of carbonyl (C=O) groups is 3. The van der Waals surface area contributed by atoms with Crippen molar-refractivity contribution in [2.75, 3.05) is 6.61 Å². The molecule has 0 rings (SSSR count). The first-order valence-corrected chi connectivity index (χ1v) is 6.57. The van der Waals surface area contributed by atoms with Crippen LogP contribution in [0, 0.1) is 0 Å². The first kappa shape index (κ1) is 21.3. The number of aldehydes is 1. The summed E-state index contributed by atoms with van der Waals surface area (Å²) < 4.78 is 41.1. The number of nitrogens with one attached hydrogen (secondary N) is 1. The molecule has 0 heterocycles. The molecular formula is C12H18F3NO7. The van der Waals surface area contributed by atoms with Crippen molar-refractivity contribution in [3.63, 3.8) is 0 Å². The maximum atomic E-state index is 12.2. The molecule has 0 aromatic carbocycles. The van der Waals surface area contributed by atoms with Crippen molar-refractivity contribution in [3.05, 3.63) is 0 Å². The van der Waals surface area contributed by atoms with Crippen LogP contribution < -0.4 is 5.32 Å². The Labute approximate surface area is 129 Å². The summed E-state index contributed by atoms with van der Waals surface area (Å²) in [5, 5.41) is 29.4. The van der Waals surface area contributed by atoms with Crippen LogP contribution in [0.15, 0.2) is 0 Å². The van der Waals surface area contributed by atoms with E-state index in [1.807, 2.05) is 0 Å². The van der Waals surface area contributed by atoms with Gasteiger partial charge in [0.05, 0.1) is 6.61 Å². The molecule has 0 aliphatic rings. The van der Waals surface area contributed by atoms with Crippen LogP contribution in [-0.2, 0) is 19.1 Å². The zero-order valence-corrected chi connectivity index (χ0v) is 12.1. The van der Waals surface area contributed by atoms with Gasteiger partial charge in [-0.15, -0.1) is 0 Å². The monoisotopic (exact) mass is 345 g/mol. The summed E-state index contributed by atoms with van der Waals surface area (Å²) in [5.74, 6) is -3.40. The summed E-state index contributed by atoms with van der Waals surface area (Å²) >= 11 is 0. The van der Waals surface area contributed by atoms with E-state index in [9.17, 15) is 37.8 Å². The van der Waals surface area contributed by atoms with E-state index < -0.39 is 49.0 Å². The molecule has 0 bridgehead atoms. The zero-order valence-electron chi connectivity index (χ0n) is 12.1. The Morgan fingerprint density at radius 2 is 1.87 bits per heavy atom. The number of amides is 1. The van der Waals surface area contributed by atoms with Gasteiger partial charge in [0, 0.05) is 6.42 Å². The predicted octanol–water partition coefficient (Wildman–Crippen LogP) is -1.34. The van der Waals surface area contributed by atoms with Crippen molar-refractivity contribution in [3.8, 4) is 0 Å². The molecule has 0 radical (unpaired) electrons. The molecule has 0 aromatic rings. The first-order valence-electron chi connectivity index (χ1n) is 6.57. The number of rotatable bonds is 9. The lowest BCUT2D eigenvalue weighted by Gasteiger charge is -2.30. The van der Waals surface area contributed by atoms with Gasteiger partial charge in [-0.2, -0.15) is 13.2 Å². The average Bonchev–Trinajstić information content (AvgIpc) is 2.47. The maximum Gasteiger partial charge on any atom is 0.471 e. The molecule has 0 aromatic heterocycles. The van der Waals surface area contributed by atoms with Crippen molar-refractivity contribution < 1.29 is 47.6 Å². The second-order valence-electron chi connectivity index (χ2n) is 4.58. The van der Waals surface area contributed by atoms with Crippen LogP contribution in [0.3, 0.4) is 0 Å². The fourth-order valence-electron chi connectivity index (χ4n) is 1.53. The second-order valence-corrected chi connectivity index (χ2v) is 4.58. The van der Waals surface area contributed by atoms with Gasteiger partial charge < -0.3 is 30.2 Å². The lowest BCUT2D eigenvalue weighted by atomic mass is 10.0. The highest BCUT2D eigenvalue weighted by Gasteiger charge is 2.43. The normalized spacial score (nSPS) is 16.8. The molecule has 134 valence electrons. The summed E-state index contributed by atoms with van der Waals surface area (Å²) in [6, 6.07) is -2.11. The van der Waals surface area contributed by atoms with Gasteiger partial charge in [0.1, 0.15) is 24.5 Å². The van der Waals surface area contributed by atoms with Crippen molar-refractivity contribution in [1.82, 2.24) is 5.32 Å². The summed E-state index contributed by atoms with van der Waals surface area (Å²) in [5.41, 5.74) is 0. The molecule has 0 spiro atoms. The van der Waals surface area contributed by atoms with Gasteiger partial charge in [0.15, 0.2) is 6.10 Å². The second kappa shape index (κ2) is 9.43. The predicted molar refractivity (Wildman–Crippen MR) is 67.9 cm³/mol. The highest BCUT2D eigenvalue weighted by atomic mass is 19.4. The molecule has 1 amide bonds. The van der Waals surface area contributed by atoms with Crippen molar-refractivity contribution in [2.24, 2.45) is 0 Å². The first-order chi connectivity index (χ1) is 10.6. The van der Waals surface area contributed by atoms with Gasteiger partial charge in [-0.1, -0.05) is 6.92 Å². The van der Waals surface area contributed by atoms with Crippen molar-refractivity contribution in [2.45, 2.75) is 50.3 Å². The smallest absolute Gasteiger partial charge is 0.457 e. The third-order valence-corrected chi connectivity index (χ3v) is 2.69.